The second-order valence-corrected chi connectivity index (χ2v) is 7.30. The quantitative estimate of drug-likeness (QED) is 0.913. The van der Waals surface area contributed by atoms with Crippen LogP contribution in [-0.2, 0) is 11.3 Å². The van der Waals surface area contributed by atoms with Crippen LogP contribution in [0.5, 0.6) is 0 Å². The predicted molar refractivity (Wildman–Crippen MR) is 81.0 cm³/mol. The lowest BCUT2D eigenvalue weighted by atomic mass is 9.99. The molecule has 0 bridgehead atoms. The topological polar surface area (TPSA) is 48.5 Å². The Bertz CT molecular complexity index is 509. The van der Waals surface area contributed by atoms with Gasteiger partial charge in [-0.05, 0) is 26.7 Å². The molecule has 6 heteroatoms. The number of aromatic nitrogens is 1. The summed E-state index contributed by atoms with van der Waals surface area (Å²) in [7, 11) is 1.87. The fourth-order valence-corrected chi connectivity index (χ4v) is 3.61. The van der Waals surface area contributed by atoms with Gasteiger partial charge in [0.15, 0.2) is 5.13 Å². The summed E-state index contributed by atoms with van der Waals surface area (Å²) in [6.45, 7) is 6.46. The van der Waals surface area contributed by atoms with Gasteiger partial charge in [0.2, 0.25) is 5.91 Å². The molecule has 0 spiro atoms. The van der Waals surface area contributed by atoms with Gasteiger partial charge < -0.3 is 15.1 Å². The van der Waals surface area contributed by atoms with Crippen LogP contribution in [0.15, 0.2) is 6.20 Å². The molecule has 1 aliphatic heterocycles. The first-order valence-electron chi connectivity index (χ1n) is 7.20. The first kappa shape index (κ1) is 13.8. The maximum Gasteiger partial charge on any atom is 0.247 e. The van der Waals surface area contributed by atoms with Crippen LogP contribution in [0, 0.1) is 0 Å². The molecule has 0 unspecified atom stereocenters. The summed E-state index contributed by atoms with van der Waals surface area (Å²) in [6.07, 6.45) is 4.53. The number of nitrogens with one attached hydrogen (secondary N) is 1. The van der Waals surface area contributed by atoms with E-state index in [1.165, 1.54) is 17.7 Å². The van der Waals surface area contributed by atoms with Gasteiger partial charge in [-0.1, -0.05) is 0 Å². The van der Waals surface area contributed by atoms with Crippen LogP contribution >= 0.6 is 11.3 Å². The number of hydrogen-bond acceptors (Lipinski definition) is 5. The van der Waals surface area contributed by atoms with E-state index in [1.54, 1.807) is 16.2 Å². The fraction of sp³-hybridized carbons (Fsp3) is 0.714. The molecule has 1 amide bonds. The Labute approximate surface area is 124 Å². The monoisotopic (exact) mass is 294 g/mol. The van der Waals surface area contributed by atoms with Crippen molar-refractivity contribution in [2.45, 2.75) is 44.8 Å². The lowest BCUT2D eigenvalue weighted by Crippen LogP contribution is -2.62. The number of amides is 1. The van der Waals surface area contributed by atoms with Gasteiger partial charge in [0, 0.05) is 43.8 Å². The number of piperazine rings is 1. The van der Waals surface area contributed by atoms with Crippen molar-refractivity contribution < 1.29 is 4.79 Å². The van der Waals surface area contributed by atoms with Crippen LogP contribution in [0.1, 0.15) is 31.6 Å². The molecule has 2 heterocycles. The summed E-state index contributed by atoms with van der Waals surface area (Å²) in [5, 5.41) is 4.46. The highest BCUT2D eigenvalue weighted by Gasteiger charge is 2.41. The van der Waals surface area contributed by atoms with Gasteiger partial charge in [-0.2, -0.15) is 0 Å². The summed E-state index contributed by atoms with van der Waals surface area (Å²) < 4.78 is 0. The molecule has 1 aromatic rings. The van der Waals surface area contributed by atoms with E-state index in [0.29, 0.717) is 6.04 Å². The Kier molecular flexibility index (Phi) is 3.46. The molecule has 1 aliphatic carbocycles. The summed E-state index contributed by atoms with van der Waals surface area (Å²) >= 11 is 1.70. The number of anilines is 1. The van der Waals surface area contributed by atoms with Crippen molar-refractivity contribution in [2.24, 2.45) is 0 Å². The minimum atomic E-state index is -0.508. The maximum atomic E-state index is 12.3. The third-order valence-electron chi connectivity index (χ3n) is 4.12. The van der Waals surface area contributed by atoms with Crippen molar-refractivity contribution in [2.75, 3.05) is 25.0 Å². The van der Waals surface area contributed by atoms with Gasteiger partial charge in [-0.3, -0.25) is 4.79 Å². The van der Waals surface area contributed by atoms with Gasteiger partial charge >= 0.3 is 0 Å². The molecule has 110 valence electrons. The van der Waals surface area contributed by atoms with Gasteiger partial charge in [0.1, 0.15) is 5.54 Å². The number of thiazole rings is 1. The third kappa shape index (κ3) is 2.54. The summed E-state index contributed by atoms with van der Waals surface area (Å²) in [6, 6.07) is 0.710. The highest BCUT2D eigenvalue weighted by molar-refractivity contribution is 7.15. The average Bonchev–Trinajstić information content (AvgIpc) is 3.12. The van der Waals surface area contributed by atoms with Crippen molar-refractivity contribution in [3.8, 4) is 0 Å². The Morgan fingerprint density at radius 3 is 2.90 bits per heavy atom. The van der Waals surface area contributed by atoms with E-state index in [4.69, 9.17) is 0 Å². The van der Waals surface area contributed by atoms with Gasteiger partial charge in [0.05, 0.1) is 0 Å². The molecule has 1 aromatic heterocycles. The van der Waals surface area contributed by atoms with Crippen LogP contribution in [0.2, 0.25) is 0 Å². The predicted octanol–water partition coefficient (Wildman–Crippen LogP) is 1.45. The molecule has 20 heavy (non-hydrogen) atoms. The lowest BCUT2D eigenvalue weighted by Gasteiger charge is -2.44. The van der Waals surface area contributed by atoms with Crippen LogP contribution < -0.4 is 10.2 Å². The average molecular weight is 294 g/mol. The first-order chi connectivity index (χ1) is 9.48. The maximum absolute atomic E-state index is 12.3. The third-order valence-corrected chi connectivity index (χ3v) is 5.14. The molecular weight excluding hydrogens is 272 g/mol. The highest BCUT2D eigenvalue weighted by atomic mass is 32.1. The zero-order chi connectivity index (χ0) is 14.3. The van der Waals surface area contributed by atoms with E-state index in [2.05, 4.69) is 15.2 Å². The second kappa shape index (κ2) is 5.00. The minimum absolute atomic E-state index is 0.164. The largest absolute Gasteiger partial charge is 0.342 e. The standard InChI is InChI=1S/C14H22N4OS/c1-14(2)12(19)17(3)6-7-18(14)13-16-9-11(20-13)8-15-10-4-5-10/h9-10,15H,4-8H2,1-3H3. The van der Waals surface area contributed by atoms with Gasteiger partial charge in [0.25, 0.3) is 0 Å². The zero-order valence-electron chi connectivity index (χ0n) is 12.3. The number of carbonyl (C=O) groups is 1. The second-order valence-electron chi connectivity index (χ2n) is 6.20. The minimum Gasteiger partial charge on any atom is -0.342 e. The van der Waals surface area contributed by atoms with E-state index in [9.17, 15) is 4.79 Å². The Hall–Kier alpha value is -1.14. The van der Waals surface area contributed by atoms with Crippen molar-refractivity contribution in [1.82, 2.24) is 15.2 Å². The van der Waals surface area contributed by atoms with E-state index in [1.807, 2.05) is 27.1 Å². The Morgan fingerprint density at radius 1 is 1.45 bits per heavy atom. The van der Waals surface area contributed by atoms with E-state index < -0.39 is 5.54 Å². The van der Waals surface area contributed by atoms with Crippen molar-refractivity contribution in [3.05, 3.63) is 11.1 Å². The number of carbonyl (C=O) groups excluding carboxylic acids is 1. The summed E-state index contributed by atoms with van der Waals surface area (Å²) in [4.78, 5) is 22.0. The smallest absolute Gasteiger partial charge is 0.247 e. The number of nitrogens with zero attached hydrogens (tertiary/aromatic N) is 3. The van der Waals surface area contributed by atoms with Gasteiger partial charge in [-0.15, -0.1) is 11.3 Å². The number of rotatable bonds is 4. The number of hydrogen-bond donors (Lipinski definition) is 1. The molecule has 1 saturated carbocycles. The SMILES string of the molecule is CN1CCN(c2ncc(CNC3CC3)s2)C(C)(C)C1=O. The van der Waals surface area contributed by atoms with E-state index in [-0.39, 0.29) is 5.91 Å². The van der Waals surface area contributed by atoms with Crippen molar-refractivity contribution in [1.29, 1.82) is 0 Å². The van der Waals surface area contributed by atoms with Crippen LogP contribution in [0.25, 0.3) is 0 Å². The lowest BCUT2D eigenvalue weighted by molar-refractivity contribution is -0.136. The normalized spacial score (nSPS) is 22.4. The van der Waals surface area contributed by atoms with Gasteiger partial charge in [-0.25, -0.2) is 4.98 Å². The van der Waals surface area contributed by atoms with E-state index in [0.717, 1.165) is 24.8 Å². The molecule has 1 saturated heterocycles. The number of likely N-dealkylation sites (N-methyl/N-ethyl adjacent to an activating group) is 1. The highest BCUT2D eigenvalue weighted by Crippen LogP contribution is 2.32. The molecule has 0 aromatic carbocycles. The van der Waals surface area contributed by atoms with Crippen LogP contribution in [-0.4, -0.2) is 47.5 Å². The molecule has 0 atom stereocenters. The molecule has 3 rings (SSSR count). The Morgan fingerprint density at radius 2 is 2.20 bits per heavy atom. The molecule has 0 radical (unpaired) electrons. The van der Waals surface area contributed by atoms with Crippen molar-refractivity contribution in [3.63, 3.8) is 0 Å². The van der Waals surface area contributed by atoms with E-state index >= 15 is 0 Å². The van der Waals surface area contributed by atoms with Crippen LogP contribution in [0.3, 0.4) is 0 Å². The molecular formula is C14H22N4OS. The molecule has 2 aliphatic rings. The molecule has 5 nitrogen and oxygen atoms in total. The molecule has 1 N–H and O–H groups in total. The first-order valence-corrected chi connectivity index (χ1v) is 8.01. The zero-order valence-corrected chi connectivity index (χ0v) is 13.2. The molecule has 2 fully saturated rings. The Balaban J connectivity index is 1.72. The van der Waals surface area contributed by atoms with Crippen LogP contribution in [0.4, 0.5) is 5.13 Å². The summed E-state index contributed by atoms with van der Waals surface area (Å²) in [5.41, 5.74) is -0.508. The fourth-order valence-electron chi connectivity index (χ4n) is 2.58. The van der Waals surface area contributed by atoms with Crippen molar-refractivity contribution >= 4 is 22.4 Å². The summed E-state index contributed by atoms with van der Waals surface area (Å²) in [5.74, 6) is 0.164.